The third kappa shape index (κ3) is 2.95. The molecule has 0 fully saturated rings. The number of carbonyl (C=O) groups excluding carboxylic acids is 1. The van der Waals surface area contributed by atoms with Crippen LogP contribution in [0.5, 0.6) is 0 Å². The summed E-state index contributed by atoms with van der Waals surface area (Å²) in [6.07, 6.45) is 1.26. The predicted molar refractivity (Wildman–Crippen MR) is 75.0 cm³/mol. The average molecular weight is 260 g/mol. The summed E-state index contributed by atoms with van der Waals surface area (Å²) in [6.45, 7) is 4.37. The van der Waals surface area contributed by atoms with Crippen LogP contribution < -0.4 is 0 Å². The molecule has 0 unspecified atom stereocenters. The Labute approximate surface area is 113 Å². The second kappa shape index (κ2) is 5.43. The van der Waals surface area contributed by atoms with Gasteiger partial charge in [-0.05, 0) is 23.6 Å². The summed E-state index contributed by atoms with van der Waals surface area (Å²) in [7, 11) is 3.43. The minimum atomic E-state index is -0.219. The van der Waals surface area contributed by atoms with Gasteiger partial charge in [0.25, 0.3) is 0 Å². The van der Waals surface area contributed by atoms with Crippen LogP contribution in [0.1, 0.15) is 25.2 Å². The molecule has 1 aromatic heterocycles. The van der Waals surface area contributed by atoms with Crippen LogP contribution in [0.25, 0.3) is 11.0 Å². The number of esters is 1. The second-order valence-electron chi connectivity index (χ2n) is 5.26. The first kappa shape index (κ1) is 13.6. The van der Waals surface area contributed by atoms with E-state index in [1.165, 1.54) is 7.11 Å². The average Bonchev–Trinajstić information content (AvgIpc) is 2.66. The topological polar surface area (TPSA) is 44.1 Å². The number of methoxy groups -OCH3 is 1. The molecule has 0 bridgehead atoms. The Bertz CT molecular complexity index is 599. The molecule has 4 heteroatoms. The molecule has 4 nitrogen and oxygen atoms in total. The number of nitrogens with zero attached hydrogens (tertiary/aromatic N) is 2. The number of rotatable bonds is 4. The molecule has 2 aromatic rings. The van der Waals surface area contributed by atoms with Gasteiger partial charge in [-0.2, -0.15) is 0 Å². The molecule has 0 aliphatic carbocycles. The Hall–Kier alpha value is -1.84. The van der Waals surface area contributed by atoms with E-state index < -0.39 is 0 Å². The highest BCUT2D eigenvalue weighted by Gasteiger charge is 2.11. The summed E-state index contributed by atoms with van der Waals surface area (Å²) in [5.41, 5.74) is 3.00. The number of hydrogen-bond acceptors (Lipinski definition) is 3. The van der Waals surface area contributed by atoms with Gasteiger partial charge in [-0.25, -0.2) is 4.98 Å². The lowest BCUT2D eigenvalue weighted by atomic mass is 10.1. The molecule has 0 amide bonds. The van der Waals surface area contributed by atoms with Crippen molar-refractivity contribution in [2.75, 3.05) is 7.11 Å². The van der Waals surface area contributed by atoms with Gasteiger partial charge in [-0.3, -0.25) is 4.79 Å². The van der Waals surface area contributed by atoms with Crippen LogP contribution >= 0.6 is 0 Å². The summed E-state index contributed by atoms with van der Waals surface area (Å²) < 4.78 is 6.80. The number of aryl methyl sites for hydroxylation is 1. The van der Waals surface area contributed by atoms with Crippen molar-refractivity contribution < 1.29 is 9.53 Å². The van der Waals surface area contributed by atoms with Crippen LogP contribution in [-0.4, -0.2) is 22.6 Å². The number of carbonyl (C=O) groups is 1. The van der Waals surface area contributed by atoms with E-state index in [2.05, 4.69) is 23.4 Å². The van der Waals surface area contributed by atoms with Gasteiger partial charge in [0, 0.05) is 13.5 Å². The van der Waals surface area contributed by atoms with E-state index in [-0.39, 0.29) is 5.97 Å². The van der Waals surface area contributed by atoms with E-state index in [0.29, 0.717) is 12.3 Å². The van der Waals surface area contributed by atoms with E-state index in [4.69, 9.17) is 4.74 Å². The normalized spacial score (nSPS) is 11.2. The van der Waals surface area contributed by atoms with Gasteiger partial charge in [-0.15, -0.1) is 0 Å². The van der Waals surface area contributed by atoms with Gasteiger partial charge < -0.3 is 9.30 Å². The third-order valence-electron chi connectivity index (χ3n) is 3.20. The highest BCUT2D eigenvalue weighted by molar-refractivity contribution is 5.79. The molecule has 19 heavy (non-hydrogen) atoms. The Morgan fingerprint density at radius 2 is 2.16 bits per heavy atom. The van der Waals surface area contributed by atoms with E-state index in [0.717, 1.165) is 28.8 Å². The number of ether oxygens (including phenoxy) is 1. The fourth-order valence-electron chi connectivity index (χ4n) is 2.18. The Kier molecular flexibility index (Phi) is 3.88. The molecular weight excluding hydrogens is 240 g/mol. The SMILES string of the molecule is COC(=O)Cc1ccc2nc(CC(C)C)n(C)c2c1. The van der Waals surface area contributed by atoms with Gasteiger partial charge in [0.15, 0.2) is 0 Å². The minimum Gasteiger partial charge on any atom is -0.469 e. The summed E-state index contributed by atoms with van der Waals surface area (Å²) in [4.78, 5) is 15.9. The first-order valence-corrected chi connectivity index (χ1v) is 6.52. The molecular formula is C15H20N2O2. The zero-order valence-electron chi connectivity index (χ0n) is 11.9. The van der Waals surface area contributed by atoms with Crippen LogP contribution in [0, 0.1) is 5.92 Å². The minimum absolute atomic E-state index is 0.219. The highest BCUT2D eigenvalue weighted by Crippen LogP contribution is 2.19. The van der Waals surface area contributed by atoms with Gasteiger partial charge in [0.1, 0.15) is 5.82 Å². The Morgan fingerprint density at radius 1 is 1.42 bits per heavy atom. The van der Waals surface area contributed by atoms with E-state index in [9.17, 15) is 4.79 Å². The largest absolute Gasteiger partial charge is 0.469 e. The lowest BCUT2D eigenvalue weighted by Gasteiger charge is -2.05. The van der Waals surface area contributed by atoms with E-state index in [1.54, 1.807) is 0 Å². The molecule has 0 saturated heterocycles. The summed E-state index contributed by atoms with van der Waals surface area (Å²) in [5, 5.41) is 0. The Morgan fingerprint density at radius 3 is 2.79 bits per heavy atom. The number of imidazole rings is 1. The van der Waals surface area contributed by atoms with Crippen molar-refractivity contribution in [1.29, 1.82) is 0 Å². The summed E-state index contributed by atoms with van der Waals surface area (Å²) in [5.74, 6) is 1.44. The quantitative estimate of drug-likeness (QED) is 0.793. The highest BCUT2D eigenvalue weighted by atomic mass is 16.5. The standard InChI is InChI=1S/C15H20N2O2/c1-10(2)7-14-16-12-6-5-11(9-15(18)19-4)8-13(12)17(14)3/h5-6,8,10H,7,9H2,1-4H3. The summed E-state index contributed by atoms with van der Waals surface area (Å²) >= 11 is 0. The molecule has 0 radical (unpaired) electrons. The molecule has 0 spiro atoms. The van der Waals surface area contributed by atoms with Gasteiger partial charge in [0.05, 0.1) is 24.6 Å². The predicted octanol–water partition coefficient (Wildman–Crippen LogP) is 2.49. The number of fused-ring (bicyclic) bond motifs is 1. The molecule has 2 rings (SSSR count). The van der Waals surface area contributed by atoms with E-state index in [1.807, 2.05) is 25.2 Å². The molecule has 102 valence electrons. The van der Waals surface area contributed by atoms with Crippen LogP contribution in [0.3, 0.4) is 0 Å². The fourth-order valence-corrected chi connectivity index (χ4v) is 2.18. The fraction of sp³-hybridized carbons (Fsp3) is 0.467. The maximum atomic E-state index is 11.3. The molecule has 0 N–H and O–H groups in total. The maximum Gasteiger partial charge on any atom is 0.309 e. The number of hydrogen-bond donors (Lipinski definition) is 0. The second-order valence-corrected chi connectivity index (χ2v) is 5.26. The van der Waals surface area contributed by atoms with Crippen molar-refractivity contribution in [3.63, 3.8) is 0 Å². The van der Waals surface area contributed by atoms with Crippen LogP contribution in [0.2, 0.25) is 0 Å². The van der Waals surface area contributed by atoms with Crippen LogP contribution in [0.15, 0.2) is 18.2 Å². The number of benzene rings is 1. The maximum absolute atomic E-state index is 11.3. The van der Waals surface area contributed by atoms with Gasteiger partial charge in [-0.1, -0.05) is 19.9 Å². The van der Waals surface area contributed by atoms with Crippen LogP contribution in [0.4, 0.5) is 0 Å². The first-order chi connectivity index (χ1) is 9.01. The van der Waals surface area contributed by atoms with E-state index >= 15 is 0 Å². The Balaban J connectivity index is 2.36. The zero-order chi connectivity index (χ0) is 14.0. The monoisotopic (exact) mass is 260 g/mol. The van der Waals surface area contributed by atoms with Crippen molar-refractivity contribution in [2.24, 2.45) is 13.0 Å². The molecule has 0 atom stereocenters. The first-order valence-electron chi connectivity index (χ1n) is 6.52. The van der Waals surface area contributed by atoms with Crippen molar-refractivity contribution in [2.45, 2.75) is 26.7 Å². The molecule has 1 heterocycles. The molecule has 0 aliphatic rings. The zero-order valence-corrected chi connectivity index (χ0v) is 11.9. The summed E-state index contributed by atoms with van der Waals surface area (Å²) in [6, 6.07) is 5.92. The molecule has 0 saturated carbocycles. The van der Waals surface area contributed by atoms with Gasteiger partial charge in [0.2, 0.25) is 0 Å². The van der Waals surface area contributed by atoms with Crippen molar-refractivity contribution in [1.82, 2.24) is 9.55 Å². The van der Waals surface area contributed by atoms with Crippen molar-refractivity contribution in [3.8, 4) is 0 Å². The lowest BCUT2D eigenvalue weighted by Crippen LogP contribution is -2.05. The van der Waals surface area contributed by atoms with Crippen molar-refractivity contribution in [3.05, 3.63) is 29.6 Å². The van der Waals surface area contributed by atoms with Gasteiger partial charge >= 0.3 is 5.97 Å². The molecule has 1 aromatic carbocycles. The third-order valence-corrected chi connectivity index (χ3v) is 3.20. The van der Waals surface area contributed by atoms with Crippen molar-refractivity contribution >= 4 is 17.0 Å². The van der Waals surface area contributed by atoms with Crippen LogP contribution in [-0.2, 0) is 29.4 Å². The lowest BCUT2D eigenvalue weighted by molar-refractivity contribution is -0.139. The number of aromatic nitrogens is 2. The smallest absolute Gasteiger partial charge is 0.309 e. The molecule has 0 aliphatic heterocycles.